The second-order valence-electron chi connectivity index (χ2n) is 4.30. The molecule has 1 heterocycles. The van der Waals surface area contributed by atoms with Crippen LogP contribution < -0.4 is 5.73 Å². The highest BCUT2D eigenvalue weighted by Crippen LogP contribution is 2.32. The van der Waals surface area contributed by atoms with Gasteiger partial charge in [0.1, 0.15) is 5.82 Å². The van der Waals surface area contributed by atoms with Gasteiger partial charge in [0.25, 0.3) is 0 Å². The van der Waals surface area contributed by atoms with Gasteiger partial charge in [-0.1, -0.05) is 17.8 Å². The zero-order chi connectivity index (χ0) is 11.7. The molecule has 1 aliphatic rings. The number of hydrogen-bond donors (Lipinski definition) is 1. The van der Waals surface area contributed by atoms with E-state index in [1.807, 2.05) is 12.1 Å². The number of fused-ring (bicyclic) bond motifs is 1. The molecule has 1 aromatic heterocycles. The lowest BCUT2D eigenvalue weighted by Gasteiger charge is -2.05. The van der Waals surface area contributed by atoms with Crippen molar-refractivity contribution in [2.75, 3.05) is 5.73 Å². The molecule has 0 saturated heterocycles. The summed E-state index contributed by atoms with van der Waals surface area (Å²) in [5.41, 5.74) is 8.71. The van der Waals surface area contributed by atoms with Crippen LogP contribution in [0.5, 0.6) is 0 Å². The number of nitrogens with zero attached hydrogens (tertiary/aromatic N) is 1. The number of nitrogens with two attached hydrogens (primary N) is 1. The first-order valence-corrected chi connectivity index (χ1v) is 6.64. The molecular formula is C14H14N2S. The van der Waals surface area contributed by atoms with E-state index in [4.69, 9.17) is 5.73 Å². The molecule has 3 heteroatoms. The fourth-order valence-electron chi connectivity index (χ4n) is 2.24. The summed E-state index contributed by atoms with van der Waals surface area (Å²) < 4.78 is 0. The fraction of sp³-hybridized carbons (Fsp3) is 0.214. The van der Waals surface area contributed by atoms with Crippen molar-refractivity contribution in [3.05, 3.63) is 47.7 Å². The van der Waals surface area contributed by atoms with Gasteiger partial charge in [0, 0.05) is 16.0 Å². The second-order valence-corrected chi connectivity index (χ2v) is 5.45. The van der Waals surface area contributed by atoms with Crippen molar-refractivity contribution in [3.63, 3.8) is 0 Å². The molecule has 0 fully saturated rings. The molecule has 86 valence electrons. The maximum Gasteiger partial charge on any atom is 0.124 e. The largest absolute Gasteiger partial charge is 0.384 e. The van der Waals surface area contributed by atoms with Crippen LogP contribution in [0.25, 0.3) is 0 Å². The first kappa shape index (κ1) is 10.7. The van der Waals surface area contributed by atoms with Gasteiger partial charge in [0.05, 0.1) is 0 Å². The number of benzene rings is 1. The SMILES string of the molecule is Nc1cc(Sc2ccc3c(c2)CCC3)ccn1. The van der Waals surface area contributed by atoms with Crippen molar-refractivity contribution >= 4 is 17.6 Å². The molecule has 17 heavy (non-hydrogen) atoms. The zero-order valence-corrected chi connectivity index (χ0v) is 10.3. The van der Waals surface area contributed by atoms with Gasteiger partial charge in [-0.25, -0.2) is 4.98 Å². The molecule has 0 radical (unpaired) electrons. The van der Waals surface area contributed by atoms with Crippen LogP contribution >= 0.6 is 11.8 Å². The van der Waals surface area contributed by atoms with E-state index >= 15 is 0 Å². The van der Waals surface area contributed by atoms with Gasteiger partial charge in [-0.3, -0.25) is 0 Å². The lowest BCUT2D eigenvalue weighted by Crippen LogP contribution is -1.88. The van der Waals surface area contributed by atoms with Crippen LogP contribution in [0.1, 0.15) is 17.5 Å². The molecule has 2 aromatic rings. The predicted octanol–water partition coefficient (Wildman–Crippen LogP) is 3.30. The van der Waals surface area contributed by atoms with Crippen molar-refractivity contribution in [1.29, 1.82) is 0 Å². The lowest BCUT2D eigenvalue weighted by atomic mass is 10.1. The fourth-order valence-corrected chi connectivity index (χ4v) is 3.16. The molecular weight excluding hydrogens is 228 g/mol. The summed E-state index contributed by atoms with van der Waals surface area (Å²) >= 11 is 1.75. The molecule has 3 rings (SSSR count). The van der Waals surface area contributed by atoms with Crippen LogP contribution in [-0.4, -0.2) is 4.98 Å². The summed E-state index contributed by atoms with van der Waals surface area (Å²) in [5.74, 6) is 0.580. The number of hydrogen-bond acceptors (Lipinski definition) is 3. The van der Waals surface area contributed by atoms with E-state index in [1.54, 1.807) is 18.0 Å². The Morgan fingerprint density at radius 3 is 2.71 bits per heavy atom. The molecule has 1 aromatic carbocycles. The van der Waals surface area contributed by atoms with E-state index in [-0.39, 0.29) is 0 Å². The molecule has 0 bridgehead atoms. The predicted molar refractivity (Wildman–Crippen MR) is 71.2 cm³/mol. The second kappa shape index (κ2) is 4.41. The van der Waals surface area contributed by atoms with Crippen LogP contribution in [0.3, 0.4) is 0 Å². The third kappa shape index (κ3) is 2.29. The van der Waals surface area contributed by atoms with E-state index in [1.165, 1.54) is 35.3 Å². The van der Waals surface area contributed by atoms with E-state index in [2.05, 4.69) is 23.2 Å². The van der Waals surface area contributed by atoms with E-state index in [0.29, 0.717) is 5.82 Å². The Hall–Kier alpha value is -1.48. The quantitative estimate of drug-likeness (QED) is 0.878. The van der Waals surface area contributed by atoms with Crippen LogP contribution in [-0.2, 0) is 12.8 Å². The van der Waals surface area contributed by atoms with Crippen molar-refractivity contribution in [3.8, 4) is 0 Å². The van der Waals surface area contributed by atoms with Crippen LogP contribution in [0.15, 0.2) is 46.3 Å². The number of pyridine rings is 1. The minimum atomic E-state index is 0.580. The number of aromatic nitrogens is 1. The summed E-state index contributed by atoms with van der Waals surface area (Å²) in [6, 6.07) is 10.7. The molecule has 1 aliphatic carbocycles. The molecule has 0 aliphatic heterocycles. The van der Waals surface area contributed by atoms with Gasteiger partial charge in [-0.2, -0.15) is 0 Å². The molecule has 0 unspecified atom stereocenters. The third-order valence-electron chi connectivity index (χ3n) is 3.06. The summed E-state index contributed by atoms with van der Waals surface area (Å²) in [6.45, 7) is 0. The highest BCUT2D eigenvalue weighted by molar-refractivity contribution is 7.99. The van der Waals surface area contributed by atoms with Crippen LogP contribution in [0, 0.1) is 0 Å². The van der Waals surface area contributed by atoms with E-state index < -0.39 is 0 Å². The van der Waals surface area contributed by atoms with Crippen molar-refractivity contribution in [2.24, 2.45) is 0 Å². The topological polar surface area (TPSA) is 38.9 Å². The van der Waals surface area contributed by atoms with Gasteiger partial charge in [0.2, 0.25) is 0 Å². The number of aryl methyl sites for hydroxylation is 2. The smallest absolute Gasteiger partial charge is 0.124 e. The van der Waals surface area contributed by atoms with Crippen molar-refractivity contribution in [2.45, 2.75) is 29.1 Å². The maximum absolute atomic E-state index is 5.68. The number of rotatable bonds is 2. The standard InChI is InChI=1S/C14H14N2S/c15-14-9-13(6-7-16-14)17-12-5-4-10-2-1-3-11(10)8-12/h4-9H,1-3H2,(H2,15,16). The van der Waals surface area contributed by atoms with Crippen LogP contribution in [0.2, 0.25) is 0 Å². The van der Waals surface area contributed by atoms with E-state index in [9.17, 15) is 0 Å². The normalized spacial score (nSPS) is 13.6. The Labute approximate surface area is 105 Å². The zero-order valence-electron chi connectivity index (χ0n) is 9.52. The summed E-state index contributed by atoms with van der Waals surface area (Å²) in [4.78, 5) is 6.44. The maximum atomic E-state index is 5.68. The van der Waals surface area contributed by atoms with E-state index in [0.717, 1.165) is 4.90 Å². The highest BCUT2D eigenvalue weighted by Gasteiger charge is 2.11. The Balaban J connectivity index is 1.86. The number of nitrogen functional groups attached to an aromatic ring is 1. The third-order valence-corrected chi connectivity index (χ3v) is 4.04. The lowest BCUT2D eigenvalue weighted by molar-refractivity contribution is 0.911. The molecule has 0 spiro atoms. The summed E-state index contributed by atoms with van der Waals surface area (Å²) in [5, 5.41) is 0. The Bertz CT molecular complexity index is 552. The van der Waals surface area contributed by atoms with Gasteiger partial charge in [-0.15, -0.1) is 0 Å². The van der Waals surface area contributed by atoms with Gasteiger partial charge >= 0.3 is 0 Å². The van der Waals surface area contributed by atoms with Gasteiger partial charge in [-0.05, 0) is 54.7 Å². The number of anilines is 1. The summed E-state index contributed by atoms with van der Waals surface area (Å²) in [7, 11) is 0. The van der Waals surface area contributed by atoms with Crippen molar-refractivity contribution < 1.29 is 0 Å². The molecule has 2 N–H and O–H groups in total. The Morgan fingerprint density at radius 1 is 1.00 bits per heavy atom. The Kier molecular flexibility index (Phi) is 2.77. The Morgan fingerprint density at radius 2 is 1.82 bits per heavy atom. The average Bonchev–Trinajstić information content (AvgIpc) is 2.76. The van der Waals surface area contributed by atoms with Crippen molar-refractivity contribution in [1.82, 2.24) is 4.98 Å². The molecule has 2 nitrogen and oxygen atoms in total. The minimum absolute atomic E-state index is 0.580. The highest BCUT2D eigenvalue weighted by atomic mass is 32.2. The first-order chi connectivity index (χ1) is 8.31. The molecule has 0 amide bonds. The summed E-state index contributed by atoms with van der Waals surface area (Å²) in [6.07, 6.45) is 5.52. The minimum Gasteiger partial charge on any atom is -0.384 e. The monoisotopic (exact) mass is 242 g/mol. The van der Waals surface area contributed by atoms with Crippen LogP contribution in [0.4, 0.5) is 5.82 Å². The molecule has 0 saturated carbocycles. The first-order valence-electron chi connectivity index (χ1n) is 5.82. The van der Waals surface area contributed by atoms with Gasteiger partial charge in [0.15, 0.2) is 0 Å². The van der Waals surface area contributed by atoms with Gasteiger partial charge < -0.3 is 5.73 Å². The average molecular weight is 242 g/mol. The molecule has 0 atom stereocenters.